The van der Waals surface area contributed by atoms with Crippen molar-refractivity contribution in [1.29, 1.82) is 0 Å². The van der Waals surface area contributed by atoms with Crippen LogP contribution in [-0.2, 0) is 54.2 Å². The molecule has 9 atom stereocenters. The van der Waals surface area contributed by atoms with Crippen LogP contribution in [-0.4, -0.2) is 161 Å². The molecule has 15 nitrogen and oxygen atoms in total. The van der Waals surface area contributed by atoms with E-state index in [9.17, 15) is 24.0 Å². The molecule has 3 amide bonds. The Morgan fingerprint density at radius 2 is 1.43 bits per heavy atom. The minimum absolute atomic E-state index is 0.00218. The van der Waals surface area contributed by atoms with Crippen molar-refractivity contribution in [3.63, 3.8) is 0 Å². The summed E-state index contributed by atoms with van der Waals surface area (Å²) in [5.74, 6) is -2.34. The minimum atomic E-state index is -0.626. The zero-order chi connectivity index (χ0) is 50.4. The number of hydrogen-bond donors (Lipinski definition) is 2. The molecule has 15 heteroatoms. The van der Waals surface area contributed by atoms with Gasteiger partial charge in [-0.15, -0.1) is 0 Å². The van der Waals surface area contributed by atoms with Gasteiger partial charge in [0, 0.05) is 70.5 Å². The van der Waals surface area contributed by atoms with E-state index in [1.807, 2.05) is 110 Å². The molecule has 1 saturated heterocycles. The van der Waals surface area contributed by atoms with Crippen LogP contribution in [0.5, 0.6) is 0 Å². The van der Waals surface area contributed by atoms with Crippen molar-refractivity contribution in [3.8, 4) is 0 Å². The number of hydrogen-bond acceptors (Lipinski definition) is 12. The fraction of sp³-hybridized carbons (Fsp3) is 0.788. The molecule has 1 aromatic rings. The minimum Gasteiger partial charge on any atom is -0.379 e. The first-order chi connectivity index (χ1) is 31.6. The van der Waals surface area contributed by atoms with Crippen LogP contribution in [0.4, 0.5) is 0 Å². The van der Waals surface area contributed by atoms with Gasteiger partial charge >= 0.3 is 0 Å². The second-order valence-corrected chi connectivity index (χ2v) is 20.5. The van der Waals surface area contributed by atoms with E-state index < -0.39 is 36.0 Å². The van der Waals surface area contributed by atoms with Crippen molar-refractivity contribution in [2.75, 3.05) is 81.5 Å². The van der Waals surface area contributed by atoms with Gasteiger partial charge in [0.1, 0.15) is 5.78 Å². The van der Waals surface area contributed by atoms with Gasteiger partial charge in [-0.05, 0) is 77.4 Å². The molecule has 67 heavy (non-hydrogen) atoms. The third-order valence-corrected chi connectivity index (χ3v) is 13.2. The number of nitrogens with zero attached hydrogens (tertiary/aromatic N) is 3. The van der Waals surface area contributed by atoms with Crippen molar-refractivity contribution < 1.29 is 47.8 Å². The van der Waals surface area contributed by atoms with Crippen molar-refractivity contribution in [1.82, 2.24) is 25.5 Å². The summed E-state index contributed by atoms with van der Waals surface area (Å²) in [4.78, 5) is 81.3. The van der Waals surface area contributed by atoms with Gasteiger partial charge in [0.15, 0.2) is 5.78 Å². The summed E-state index contributed by atoms with van der Waals surface area (Å²) in [6, 6.07) is 8.55. The Morgan fingerprint density at radius 3 is 1.99 bits per heavy atom. The summed E-state index contributed by atoms with van der Waals surface area (Å²) >= 11 is 0. The van der Waals surface area contributed by atoms with E-state index in [0.717, 1.165) is 18.4 Å². The standard InChI is InChI=1S/C52H91N5O10/c1-16-37(6)48(56(13)51(62)41(35(2)3)33-44(59)47(36(4)5)55(11)12)45(63-14)34-46(60)57-25-20-23-42(57)49(64-15)38(7)43(58)32-40(31-39-21-18-17-19-22-39)50(61)53-24-26-65-27-28-66-29-30-67-54-52(8,9)10/h17-19,21-22,35-38,40-42,45,47-49,54H,16,20,23-34H2,1-15H3,(H,53,61)/t37-,38-,40+,41-,42-,45+,47-,48?,49+/m0/s1. The molecule has 1 fully saturated rings. The Hall–Kier alpha value is -3.31. The average Bonchev–Trinajstić information content (AvgIpc) is 3.76. The molecule has 1 aliphatic rings. The molecule has 0 bridgehead atoms. The van der Waals surface area contributed by atoms with E-state index in [-0.39, 0.29) is 90.5 Å². The topological polar surface area (TPSA) is 165 Å². The Kier molecular flexibility index (Phi) is 27.1. The van der Waals surface area contributed by atoms with Gasteiger partial charge in [0.25, 0.3) is 0 Å². The number of ketones is 2. The van der Waals surface area contributed by atoms with Gasteiger partial charge in [0.05, 0.1) is 69.8 Å². The van der Waals surface area contributed by atoms with Gasteiger partial charge in [0.2, 0.25) is 17.7 Å². The van der Waals surface area contributed by atoms with Crippen LogP contribution in [0.15, 0.2) is 30.3 Å². The molecule has 1 aliphatic heterocycles. The van der Waals surface area contributed by atoms with E-state index in [4.69, 9.17) is 23.8 Å². The molecule has 0 radical (unpaired) electrons. The van der Waals surface area contributed by atoms with Crippen LogP contribution in [0.1, 0.15) is 113 Å². The van der Waals surface area contributed by atoms with Crippen LogP contribution in [0.2, 0.25) is 0 Å². The smallest absolute Gasteiger partial charge is 0.226 e. The number of Topliss-reactive ketones (excluding diaryl/α,β-unsaturated/α-hetero) is 2. The molecule has 0 aromatic heterocycles. The summed E-state index contributed by atoms with van der Waals surface area (Å²) in [6.45, 7) is 22.6. The van der Waals surface area contributed by atoms with E-state index in [2.05, 4.69) is 24.6 Å². The summed E-state index contributed by atoms with van der Waals surface area (Å²) in [5, 5.41) is 2.97. The molecule has 1 unspecified atom stereocenters. The molecule has 1 heterocycles. The highest BCUT2D eigenvalue weighted by molar-refractivity contribution is 5.90. The average molecular weight is 946 g/mol. The van der Waals surface area contributed by atoms with Gasteiger partial charge in [-0.25, -0.2) is 0 Å². The largest absolute Gasteiger partial charge is 0.379 e. The lowest BCUT2D eigenvalue weighted by atomic mass is 9.83. The van der Waals surface area contributed by atoms with Crippen molar-refractivity contribution in [2.45, 2.75) is 150 Å². The van der Waals surface area contributed by atoms with Crippen molar-refractivity contribution in [2.24, 2.45) is 35.5 Å². The summed E-state index contributed by atoms with van der Waals surface area (Å²) < 4.78 is 23.4. The van der Waals surface area contributed by atoms with E-state index in [1.54, 1.807) is 26.2 Å². The van der Waals surface area contributed by atoms with Crippen LogP contribution in [0, 0.1) is 35.5 Å². The third kappa shape index (κ3) is 19.9. The summed E-state index contributed by atoms with van der Waals surface area (Å²) in [7, 11) is 8.72. The number of ether oxygens (including phenoxy) is 4. The Labute approximate surface area is 404 Å². The highest BCUT2D eigenvalue weighted by Gasteiger charge is 2.43. The number of hydroxylamine groups is 1. The number of nitrogens with one attached hydrogen (secondary N) is 2. The number of likely N-dealkylation sites (N-methyl/N-ethyl adjacent to an activating group) is 2. The fourth-order valence-electron chi connectivity index (χ4n) is 9.47. The monoisotopic (exact) mass is 946 g/mol. The first-order valence-corrected chi connectivity index (χ1v) is 24.8. The van der Waals surface area contributed by atoms with Crippen molar-refractivity contribution in [3.05, 3.63) is 35.9 Å². The van der Waals surface area contributed by atoms with Crippen LogP contribution in [0.25, 0.3) is 0 Å². The zero-order valence-electron chi connectivity index (χ0n) is 44.1. The normalized spacial score (nSPS) is 18.1. The molecule has 2 N–H and O–H groups in total. The molecular formula is C52H91N5O10. The third-order valence-electron chi connectivity index (χ3n) is 13.2. The van der Waals surface area contributed by atoms with E-state index in [1.165, 1.54) is 0 Å². The van der Waals surface area contributed by atoms with Crippen LogP contribution in [0.3, 0.4) is 0 Å². The number of rotatable bonds is 33. The van der Waals surface area contributed by atoms with Gasteiger partial charge in [-0.2, -0.15) is 5.48 Å². The molecular weight excluding hydrogens is 855 g/mol. The fourth-order valence-corrected chi connectivity index (χ4v) is 9.47. The lowest BCUT2D eigenvalue weighted by molar-refractivity contribution is -0.149. The Bertz CT molecular complexity index is 1610. The van der Waals surface area contributed by atoms with Crippen LogP contribution >= 0.6 is 0 Å². The lowest BCUT2D eigenvalue weighted by Crippen LogP contribution is -2.54. The molecule has 0 saturated carbocycles. The molecule has 0 aliphatic carbocycles. The maximum atomic E-state index is 14.4. The van der Waals surface area contributed by atoms with Gasteiger partial charge in [-0.1, -0.05) is 85.2 Å². The van der Waals surface area contributed by atoms with Crippen molar-refractivity contribution >= 4 is 29.3 Å². The number of carbonyl (C=O) groups is 5. The highest BCUT2D eigenvalue weighted by atomic mass is 16.7. The van der Waals surface area contributed by atoms with Gasteiger partial charge in [-0.3, -0.25) is 33.7 Å². The van der Waals surface area contributed by atoms with Gasteiger partial charge < -0.3 is 34.1 Å². The number of amides is 3. The zero-order valence-corrected chi connectivity index (χ0v) is 44.1. The van der Waals surface area contributed by atoms with E-state index in [0.29, 0.717) is 52.4 Å². The Morgan fingerprint density at radius 1 is 0.806 bits per heavy atom. The summed E-state index contributed by atoms with van der Waals surface area (Å²) in [6.07, 6.45) is 1.46. The quantitative estimate of drug-likeness (QED) is 0.0624. The molecule has 1 aromatic carbocycles. The maximum Gasteiger partial charge on any atom is 0.226 e. The highest BCUT2D eigenvalue weighted by Crippen LogP contribution is 2.32. The Balaban J connectivity index is 2.16. The first kappa shape index (κ1) is 59.8. The predicted octanol–water partition coefficient (Wildman–Crippen LogP) is 6.01. The predicted molar refractivity (Wildman–Crippen MR) is 263 cm³/mol. The SMILES string of the molecule is CC[C@H](C)C([C@@H](CC(=O)N1CCC[C@H]1[C@H](OC)[C@@H](C)C(=O)C[C@@H](Cc1ccccc1)C(=O)NCCOCCOCCONC(C)(C)C)OC)N(C)C(=O)[C@@H](CC(=O)[C@H](C(C)C)N(C)C)C(C)C. The number of likely N-dealkylation sites (tertiary alicyclic amines) is 1. The lowest BCUT2D eigenvalue weighted by Gasteiger charge is -2.41. The van der Waals surface area contributed by atoms with Crippen LogP contribution < -0.4 is 10.8 Å². The van der Waals surface area contributed by atoms with E-state index >= 15 is 0 Å². The second kappa shape index (κ2) is 30.3. The molecule has 2 rings (SSSR count). The summed E-state index contributed by atoms with van der Waals surface area (Å²) in [5.41, 5.74) is 3.74. The molecule has 0 spiro atoms. The number of methoxy groups -OCH3 is 2. The molecule has 384 valence electrons. The number of carbonyl (C=O) groups excluding carboxylic acids is 5. The number of benzene rings is 1. The second-order valence-electron chi connectivity index (χ2n) is 20.5. The first-order valence-electron chi connectivity index (χ1n) is 24.8. The maximum absolute atomic E-state index is 14.4.